The van der Waals surface area contributed by atoms with Crippen LogP contribution in [0.1, 0.15) is 20.8 Å². The summed E-state index contributed by atoms with van der Waals surface area (Å²) in [4.78, 5) is 2.29. The van der Waals surface area contributed by atoms with Gasteiger partial charge in [0.1, 0.15) is 12.5 Å². The predicted molar refractivity (Wildman–Crippen MR) is 71.3 cm³/mol. The molecule has 2 aliphatic rings. The molecule has 0 radical (unpaired) electrons. The number of rotatable bonds is 4. The van der Waals surface area contributed by atoms with Gasteiger partial charge in [0, 0.05) is 25.7 Å². The number of hydrogen-bond acceptors (Lipinski definition) is 5. The standard InChI is InChI=1S/C13H27N3O2/c1-9(2)11-7-16(4)13(6-14-11)17-8-12-15-5-10(3)18-12/h9-15H,5-8H2,1-4H3. The highest BCUT2D eigenvalue weighted by atomic mass is 16.6. The predicted octanol–water partition coefficient (Wildman–Crippen LogP) is 0.223. The lowest BCUT2D eigenvalue weighted by atomic mass is 10.0. The third-order valence-electron chi connectivity index (χ3n) is 3.81. The van der Waals surface area contributed by atoms with Gasteiger partial charge in [-0.25, -0.2) is 0 Å². The van der Waals surface area contributed by atoms with Gasteiger partial charge in [-0.15, -0.1) is 0 Å². The molecule has 0 aromatic rings. The molecular formula is C13H27N3O2. The van der Waals surface area contributed by atoms with E-state index in [1.165, 1.54) is 0 Å². The molecule has 2 heterocycles. The van der Waals surface area contributed by atoms with Crippen LogP contribution in [0.25, 0.3) is 0 Å². The first-order valence-corrected chi connectivity index (χ1v) is 7.00. The lowest BCUT2D eigenvalue weighted by Crippen LogP contribution is -2.58. The average molecular weight is 257 g/mol. The van der Waals surface area contributed by atoms with Crippen LogP contribution < -0.4 is 10.6 Å². The zero-order valence-corrected chi connectivity index (χ0v) is 12.0. The van der Waals surface area contributed by atoms with Crippen LogP contribution >= 0.6 is 0 Å². The van der Waals surface area contributed by atoms with Crippen molar-refractivity contribution in [1.29, 1.82) is 0 Å². The first kappa shape index (κ1) is 14.2. The van der Waals surface area contributed by atoms with Gasteiger partial charge < -0.3 is 14.8 Å². The molecule has 2 rings (SSSR count). The number of hydrogen-bond donors (Lipinski definition) is 2. The molecule has 2 N–H and O–H groups in total. The van der Waals surface area contributed by atoms with E-state index in [4.69, 9.17) is 9.47 Å². The van der Waals surface area contributed by atoms with Crippen molar-refractivity contribution < 1.29 is 9.47 Å². The molecule has 0 saturated carbocycles. The highest BCUT2D eigenvalue weighted by Gasteiger charge is 2.29. The summed E-state index contributed by atoms with van der Waals surface area (Å²) in [5.74, 6) is 0.661. The Bertz CT molecular complexity index is 263. The zero-order chi connectivity index (χ0) is 13.1. The summed E-state index contributed by atoms with van der Waals surface area (Å²) >= 11 is 0. The van der Waals surface area contributed by atoms with Crippen molar-refractivity contribution in [2.24, 2.45) is 5.92 Å². The molecule has 5 heteroatoms. The van der Waals surface area contributed by atoms with Gasteiger partial charge in [-0.2, -0.15) is 0 Å². The van der Waals surface area contributed by atoms with E-state index < -0.39 is 0 Å². The summed E-state index contributed by atoms with van der Waals surface area (Å²) in [6.07, 6.45) is 0.503. The summed E-state index contributed by atoms with van der Waals surface area (Å²) in [5.41, 5.74) is 0. The molecule has 0 spiro atoms. The Morgan fingerprint density at radius 3 is 2.67 bits per heavy atom. The van der Waals surface area contributed by atoms with Gasteiger partial charge in [0.2, 0.25) is 0 Å². The molecule has 2 saturated heterocycles. The van der Waals surface area contributed by atoms with E-state index in [0.717, 1.165) is 19.6 Å². The van der Waals surface area contributed by atoms with Gasteiger partial charge in [0.05, 0.1) is 12.7 Å². The molecule has 0 amide bonds. The van der Waals surface area contributed by atoms with E-state index in [0.29, 0.717) is 24.7 Å². The highest BCUT2D eigenvalue weighted by molar-refractivity contribution is 4.82. The van der Waals surface area contributed by atoms with Gasteiger partial charge in [0.15, 0.2) is 0 Å². The van der Waals surface area contributed by atoms with Gasteiger partial charge in [-0.05, 0) is 19.9 Å². The summed E-state index contributed by atoms with van der Waals surface area (Å²) in [7, 11) is 2.13. The number of piperazine rings is 1. The molecule has 0 bridgehead atoms. The molecule has 0 aliphatic carbocycles. The van der Waals surface area contributed by atoms with Crippen molar-refractivity contribution in [1.82, 2.24) is 15.5 Å². The van der Waals surface area contributed by atoms with Gasteiger partial charge in [-0.3, -0.25) is 10.2 Å². The van der Waals surface area contributed by atoms with Crippen molar-refractivity contribution in [3.05, 3.63) is 0 Å². The first-order chi connectivity index (χ1) is 8.56. The van der Waals surface area contributed by atoms with E-state index in [9.17, 15) is 0 Å². The molecule has 4 unspecified atom stereocenters. The monoisotopic (exact) mass is 257 g/mol. The number of nitrogens with zero attached hydrogens (tertiary/aromatic N) is 1. The summed E-state index contributed by atoms with van der Waals surface area (Å²) in [6, 6.07) is 0.565. The number of nitrogens with one attached hydrogen (secondary N) is 2. The molecule has 18 heavy (non-hydrogen) atoms. The van der Waals surface area contributed by atoms with Crippen LogP contribution in [-0.2, 0) is 9.47 Å². The zero-order valence-electron chi connectivity index (χ0n) is 12.0. The highest BCUT2D eigenvalue weighted by Crippen LogP contribution is 2.13. The molecule has 0 aromatic carbocycles. The minimum atomic E-state index is 0.0521. The maximum atomic E-state index is 5.93. The van der Waals surface area contributed by atoms with Crippen LogP contribution in [0.4, 0.5) is 0 Å². The topological polar surface area (TPSA) is 45.8 Å². The second-order valence-corrected chi connectivity index (χ2v) is 5.83. The van der Waals surface area contributed by atoms with Crippen molar-refractivity contribution in [3.8, 4) is 0 Å². The Morgan fingerprint density at radius 2 is 2.11 bits per heavy atom. The third-order valence-corrected chi connectivity index (χ3v) is 3.81. The quantitative estimate of drug-likeness (QED) is 0.754. The number of ether oxygens (including phenoxy) is 2. The van der Waals surface area contributed by atoms with E-state index in [1.807, 2.05) is 0 Å². The largest absolute Gasteiger partial charge is 0.358 e. The Kier molecular flexibility index (Phi) is 4.98. The SMILES string of the molecule is CC1CNC(COC2CNC(C(C)C)CN2C)O1. The Hall–Kier alpha value is -0.200. The smallest absolute Gasteiger partial charge is 0.132 e. The minimum absolute atomic E-state index is 0.0521. The summed E-state index contributed by atoms with van der Waals surface area (Å²) in [6.45, 7) is 10.1. The van der Waals surface area contributed by atoms with Gasteiger partial charge >= 0.3 is 0 Å². The van der Waals surface area contributed by atoms with Crippen molar-refractivity contribution >= 4 is 0 Å². The maximum absolute atomic E-state index is 5.93. The van der Waals surface area contributed by atoms with E-state index in [-0.39, 0.29) is 12.5 Å². The maximum Gasteiger partial charge on any atom is 0.132 e. The lowest BCUT2D eigenvalue weighted by Gasteiger charge is -2.39. The van der Waals surface area contributed by atoms with Crippen molar-refractivity contribution in [2.45, 2.75) is 45.4 Å². The average Bonchev–Trinajstić information content (AvgIpc) is 2.73. The fraction of sp³-hybridized carbons (Fsp3) is 1.00. The summed E-state index contributed by atoms with van der Waals surface area (Å²) < 4.78 is 11.6. The molecule has 106 valence electrons. The summed E-state index contributed by atoms with van der Waals surface area (Å²) in [5, 5.41) is 6.86. The van der Waals surface area contributed by atoms with E-state index in [2.05, 4.69) is 43.4 Å². The fourth-order valence-corrected chi connectivity index (χ4v) is 2.50. The Morgan fingerprint density at radius 1 is 1.33 bits per heavy atom. The Labute approximate surface area is 110 Å². The van der Waals surface area contributed by atoms with Crippen LogP contribution in [0.5, 0.6) is 0 Å². The van der Waals surface area contributed by atoms with Crippen molar-refractivity contribution in [3.63, 3.8) is 0 Å². The lowest BCUT2D eigenvalue weighted by molar-refractivity contribution is -0.106. The van der Waals surface area contributed by atoms with Gasteiger partial charge in [-0.1, -0.05) is 13.8 Å². The molecule has 0 aromatic heterocycles. The molecule has 2 aliphatic heterocycles. The normalized spacial score (nSPS) is 38.5. The molecular weight excluding hydrogens is 230 g/mol. The van der Waals surface area contributed by atoms with Crippen LogP contribution in [0, 0.1) is 5.92 Å². The van der Waals surface area contributed by atoms with Gasteiger partial charge in [0.25, 0.3) is 0 Å². The van der Waals surface area contributed by atoms with E-state index >= 15 is 0 Å². The van der Waals surface area contributed by atoms with Crippen LogP contribution in [0.3, 0.4) is 0 Å². The minimum Gasteiger partial charge on any atom is -0.358 e. The second-order valence-electron chi connectivity index (χ2n) is 5.83. The first-order valence-electron chi connectivity index (χ1n) is 7.00. The molecule has 5 nitrogen and oxygen atoms in total. The van der Waals surface area contributed by atoms with Crippen LogP contribution in [0.15, 0.2) is 0 Å². The van der Waals surface area contributed by atoms with E-state index in [1.54, 1.807) is 0 Å². The fourth-order valence-electron chi connectivity index (χ4n) is 2.50. The van der Waals surface area contributed by atoms with Crippen LogP contribution in [-0.4, -0.2) is 62.8 Å². The molecule has 2 fully saturated rings. The molecule has 4 atom stereocenters. The second kappa shape index (κ2) is 6.30. The third kappa shape index (κ3) is 3.65. The van der Waals surface area contributed by atoms with Crippen LogP contribution in [0.2, 0.25) is 0 Å². The Balaban J connectivity index is 1.71. The number of likely N-dealkylation sites (N-methyl/N-ethyl adjacent to an activating group) is 1. The van der Waals surface area contributed by atoms with Crippen molar-refractivity contribution in [2.75, 3.05) is 33.3 Å².